The highest BCUT2D eigenvalue weighted by Gasteiger charge is 2.13. The van der Waals surface area contributed by atoms with E-state index in [1.807, 2.05) is 54.8 Å². The SMILES string of the molecule is CSc1ccc(C=NNC(=O)c2cc(-c3ccc(F)cc3)nc3ccccc23)cc1. The summed E-state index contributed by atoms with van der Waals surface area (Å²) >= 11 is 1.66. The Bertz CT molecular complexity index is 1220. The van der Waals surface area contributed by atoms with Gasteiger partial charge in [0.1, 0.15) is 5.82 Å². The van der Waals surface area contributed by atoms with Crippen LogP contribution in [0.5, 0.6) is 0 Å². The van der Waals surface area contributed by atoms with Gasteiger partial charge in [-0.15, -0.1) is 11.8 Å². The van der Waals surface area contributed by atoms with Crippen molar-refractivity contribution in [1.29, 1.82) is 0 Å². The molecule has 0 aliphatic heterocycles. The predicted molar refractivity (Wildman–Crippen MR) is 120 cm³/mol. The highest BCUT2D eigenvalue weighted by atomic mass is 32.2. The molecule has 30 heavy (non-hydrogen) atoms. The van der Waals surface area contributed by atoms with Gasteiger partial charge in [0.15, 0.2) is 0 Å². The molecule has 4 rings (SSSR count). The fourth-order valence-electron chi connectivity index (χ4n) is 3.05. The number of hydrazone groups is 1. The number of rotatable bonds is 5. The Kier molecular flexibility index (Phi) is 5.86. The van der Waals surface area contributed by atoms with E-state index in [0.717, 1.165) is 21.4 Å². The number of nitrogens with one attached hydrogen (secondary N) is 1. The van der Waals surface area contributed by atoms with Crippen LogP contribution in [0.2, 0.25) is 0 Å². The van der Waals surface area contributed by atoms with Gasteiger partial charge in [-0.1, -0.05) is 30.3 Å². The van der Waals surface area contributed by atoms with E-state index in [0.29, 0.717) is 16.8 Å². The number of carbonyl (C=O) groups excluding carboxylic acids is 1. The molecule has 4 nitrogen and oxygen atoms in total. The molecule has 0 bridgehead atoms. The van der Waals surface area contributed by atoms with Crippen molar-refractivity contribution in [3.63, 3.8) is 0 Å². The first-order chi connectivity index (χ1) is 14.6. The van der Waals surface area contributed by atoms with Gasteiger partial charge in [-0.05, 0) is 60.4 Å². The number of aromatic nitrogens is 1. The zero-order valence-electron chi connectivity index (χ0n) is 16.2. The van der Waals surface area contributed by atoms with E-state index in [1.165, 1.54) is 12.1 Å². The first kappa shape index (κ1) is 19.8. The molecule has 1 heterocycles. The van der Waals surface area contributed by atoms with Gasteiger partial charge < -0.3 is 0 Å². The van der Waals surface area contributed by atoms with E-state index in [-0.39, 0.29) is 11.7 Å². The third-order valence-electron chi connectivity index (χ3n) is 4.60. The minimum atomic E-state index is -0.339. The first-order valence-electron chi connectivity index (χ1n) is 9.27. The van der Waals surface area contributed by atoms with Gasteiger partial charge in [-0.25, -0.2) is 14.8 Å². The van der Waals surface area contributed by atoms with E-state index in [4.69, 9.17) is 0 Å². The van der Waals surface area contributed by atoms with Crippen molar-refractivity contribution in [2.75, 3.05) is 6.26 Å². The van der Waals surface area contributed by atoms with Crippen LogP contribution < -0.4 is 5.43 Å². The standard InChI is InChI=1S/C24H18FN3OS/c1-30-19-12-6-16(7-13-19)15-26-28-24(29)21-14-23(17-8-10-18(25)11-9-17)27-22-5-3-2-4-20(21)22/h2-15H,1H3,(H,28,29). The van der Waals surface area contributed by atoms with Crippen LogP contribution in [0, 0.1) is 5.82 Å². The second-order valence-corrected chi connectivity index (χ2v) is 7.43. The number of halogens is 1. The topological polar surface area (TPSA) is 54.4 Å². The van der Waals surface area contributed by atoms with Crippen molar-refractivity contribution in [2.45, 2.75) is 4.90 Å². The summed E-state index contributed by atoms with van der Waals surface area (Å²) in [4.78, 5) is 18.7. The number of para-hydroxylation sites is 1. The molecule has 0 saturated heterocycles. The van der Waals surface area contributed by atoms with Crippen molar-refractivity contribution in [3.05, 3.63) is 95.8 Å². The summed E-state index contributed by atoms with van der Waals surface area (Å²) in [5, 5.41) is 4.82. The fourth-order valence-corrected chi connectivity index (χ4v) is 3.46. The summed E-state index contributed by atoms with van der Waals surface area (Å²) < 4.78 is 13.3. The Morgan fingerprint density at radius 2 is 1.77 bits per heavy atom. The van der Waals surface area contributed by atoms with Crippen molar-refractivity contribution >= 4 is 34.8 Å². The summed E-state index contributed by atoms with van der Waals surface area (Å²) in [6.07, 6.45) is 3.62. The summed E-state index contributed by atoms with van der Waals surface area (Å²) in [6, 6.07) is 23.0. The highest BCUT2D eigenvalue weighted by molar-refractivity contribution is 7.98. The molecular formula is C24H18FN3OS. The zero-order chi connectivity index (χ0) is 20.9. The lowest BCUT2D eigenvalue weighted by atomic mass is 10.0. The third-order valence-corrected chi connectivity index (χ3v) is 5.34. The molecule has 4 aromatic rings. The molecule has 0 aliphatic carbocycles. The molecule has 0 fully saturated rings. The fraction of sp³-hybridized carbons (Fsp3) is 0.0417. The van der Waals surface area contributed by atoms with Gasteiger partial charge in [0, 0.05) is 15.8 Å². The van der Waals surface area contributed by atoms with Crippen molar-refractivity contribution in [1.82, 2.24) is 10.4 Å². The molecule has 1 amide bonds. The molecule has 0 atom stereocenters. The van der Waals surface area contributed by atoms with Crippen LogP contribution in [-0.2, 0) is 0 Å². The third kappa shape index (κ3) is 4.39. The Balaban J connectivity index is 1.63. The summed E-state index contributed by atoms with van der Waals surface area (Å²) in [6.45, 7) is 0. The lowest BCUT2D eigenvalue weighted by Gasteiger charge is -2.09. The number of pyridine rings is 1. The van der Waals surface area contributed by atoms with Gasteiger partial charge in [0.05, 0.1) is 23.0 Å². The maximum absolute atomic E-state index is 13.3. The average molecular weight is 415 g/mol. The van der Waals surface area contributed by atoms with E-state index < -0.39 is 0 Å². The van der Waals surface area contributed by atoms with Crippen LogP contribution in [0.4, 0.5) is 4.39 Å². The number of nitrogens with zero attached hydrogens (tertiary/aromatic N) is 2. The molecule has 3 aromatic carbocycles. The van der Waals surface area contributed by atoms with Crippen LogP contribution in [0.3, 0.4) is 0 Å². The lowest BCUT2D eigenvalue weighted by molar-refractivity contribution is 0.0956. The van der Waals surface area contributed by atoms with Crippen LogP contribution in [0.1, 0.15) is 15.9 Å². The summed E-state index contributed by atoms with van der Waals surface area (Å²) in [5.74, 6) is -0.661. The van der Waals surface area contributed by atoms with E-state index in [1.54, 1.807) is 36.2 Å². The number of hydrogen-bond donors (Lipinski definition) is 1. The lowest BCUT2D eigenvalue weighted by Crippen LogP contribution is -2.18. The van der Waals surface area contributed by atoms with Crippen molar-refractivity contribution < 1.29 is 9.18 Å². The maximum Gasteiger partial charge on any atom is 0.272 e. The van der Waals surface area contributed by atoms with Gasteiger partial charge in [-0.2, -0.15) is 5.10 Å². The Morgan fingerprint density at radius 1 is 1.03 bits per heavy atom. The second-order valence-electron chi connectivity index (χ2n) is 6.55. The van der Waals surface area contributed by atoms with Crippen molar-refractivity contribution in [2.24, 2.45) is 5.10 Å². The number of fused-ring (bicyclic) bond motifs is 1. The van der Waals surface area contributed by atoms with Gasteiger partial charge in [0.25, 0.3) is 5.91 Å². The first-order valence-corrected chi connectivity index (χ1v) is 10.5. The minimum absolute atomic E-state index is 0.322. The summed E-state index contributed by atoms with van der Waals surface area (Å²) in [5.41, 5.74) is 5.94. The second kappa shape index (κ2) is 8.88. The number of benzene rings is 3. The Labute approximate surface area is 177 Å². The molecule has 148 valence electrons. The number of carbonyl (C=O) groups is 1. The molecule has 0 unspecified atom stereocenters. The molecule has 0 spiro atoms. The smallest absolute Gasteiger partial charge is 0.267 e. The van der Waals surface area contributed by atoms with E-state index in [9.17, 15) is 9.18 Å². The Hall–Kier alpha value is -3.51. The molecule has 1 N–H and O–H groups in total. The number of amides is 1. The summed E-state index contributed by atoms with van der Waals surface area (Å²) in [7, 11) is 0. The molecule has 6 heteroatoms. The van der Waals surface area contributed by atoms with Crippen LogP contribution in [-0.4, -0.2) is 23.4 Å². The van der Waals surface area contributed by atoms with Crippen LogP contribution in [0.15, 0.2) is 88.9 Å². The maximum atomic E-state index is 13.3. The van der Waals surface area contributed by atoms with Crippen molar-refractivity contribution in [3.8, 4) is 11.3 Å². The molecule has 0 saturated carbocycles. The van der Waals surface area contributed by atoms with Crippen LogP contribution >= 0.6 is 11.8 Å². The number of hydrogen-bond acceptors (Lipinski definition) is 4. The van der Waals surface area contributed by atoms with Crippen LogP contribution in [0.25, 0.3) is 22.2 Å². The quantitative estimate of drug-likeness (QED) is 0.265. The van der Waals surface area contributed by atoms with Gasteiger partial charge in [0.2, 0.25) is 0 Å². The van der Waals surface area contributed by atoms with Gasteiger partial charge in [-0.3, -0.25) is 4.79 Å². The van der Waals surface area contributed by atoms with E-state index in [2.05, 4.69) is 15.5 Å². The molecule has 0 aliphatic rings. The monoisotopic (exact) mass is 415 g/mol. The largest absolute Gasteiger partial charge is 0.272 e. The predicted octanol–water partition coefficient (Wildman–Crippen LogP) is 5.53. The highest BCUT2D eigenvalue weighted by Crippen LogP contribution is 2.25. The number of thioether (sulfide) groups is 1. The van der Waals surface area contributed by atoms with Gasteiger partial charge >= 0.3 is 0 Å². The Morgan fingerprint density at radius 3 is 2.50 bits per heavy atom. The minimum Gasteiger partial charge on any atom is -0.267 e. The zero-order valence-corrected chi connectivity index (χ0v) is 17.0. The van der Waals surface area contributed by atoms with E-state index >= 15 is 0 Å². The normalized spacial score (nSPS) is 11.1. The molecule has 0 radical (unpaired) electrons. The average Bonchev–Trinajstić information content (AvgIpc) is 2.79. The molecular weight excluding hydrogens is 397 g/mol. The molecule has 1 aromatic heterocycles.